The first kappa shape index (κ1) is 18.5. The van der Waals surface area contributed by atoms with Crippen molar-refractivity contribution in [3.8, 4) is 22.3 Å². The van der Waals surface area contributed by atoms with Gasteiger partial charge in [-0.05, 0) is 84.7 Å². The van der Waals surface area contributed by atoms with Crippen LogP contribution in [-0.2, 0) is 0 Å². The lowest BCUT2D eigenvalue weighted by Crippen LogP contribution is -2.06. The summed E-state index contributed by atoms with van der Waals surface area (Å²) in [4.78, 5) is 12.5. The van der Waals surface area contributed by atoms with Gasteiger partial charge in [0.1, 0.15) is 0 Å². The number of hydrogen-bond donors (Lipinski definition) is 0. The van der Waals surface area contributed by atoms with E-state index < -0.39 is 0 Å². The van der Waals surface area contributed by atoms with Crippen LogP contribution in [0.4, 0.5) is 0 Å². The summed E-state index contributed by atoms with van der Waals surface area (Å²) in [6.45, 7) is 10.6. The third-order valence-electron chi connectivity index (χ3n) is 5.33. The molecule has 0 aromatic heterocycles. The Morgan fingerprint density at radius 2 is 1.04 bits per heavy atom. The first-order chi connectivity index (χ1) is 12.3. The summed E-state index contributed by atoms with van der Waals surface area (Å²) in [6, 6.07) is 16.8. The van der Waals surface area contributed by atoms with Crippen molar-refractivity contribution in [1.29, 1.82) is 0 Å². The molecule has 0 fully saturated rings. The normalized spacial score (nSPS) is 10.8. The minimum absolute atomic E-state index is 0.0460. The van der Waals surface area contributed by atoms with Crippen molar-refractivity contribution in [3.05, 3.63) is 81.9 Å². The largest absolute Gasteiger partial charge is 0.290 e. The lowest BCUT2D eigenvalue weighted by atomic mass is 9.81. The van der Waals surface area contributed by atoms with Crippen LogP contribution in [0.15, 0.2) is 48.5 Å². The number of benzene rings is 3. The zero-order valence-corrected chi connectivity index (χ0v) is 17.3. The molecule has 0 saturated carbocycles. The van der Waals surface area contributed by atoms with Crippen LogP contribution in [0.1, 0.15) is 38.2 Å². The Morgan fingerprint density at radius 1 is 0.654 bits per heavy atom. The molecular formula is C24H25OP. The summed E-state index contributed by atoms with van der Waals surface area (Å²) in [7, 11) is 2.36. The Bertz CT molecular complexity index is 942. The van der Waals surface area contributed by atoms with Gasteiger partial charge in [-0.2, -0.15) is 0 Å². The van der Waals surface area contributed by atoms with E-state index in [0.29, 0.717) is 0 Å². The highest BCUT2D eigenvalue weighted by Gasteiger charge is 2.22. The van der Waals surface area contributed by atoms with E-state index in [4.69, 9.17) is 0 Å². The fourth-order valence-electron chi connectivity index (χ4n) is 4.10. The van der Waals surface area contributed by atoms with Crippen LogP contribution in [0.3, 0.4) is 0 Å². The minimum Gasteiger partial charge on any atom is -0.290 e. The maximum Gasteiger partial charge on any atom is 0.178 e. The predicted octanol–water partition coefficient (Wildman–Crippen LogP) is 6.58. The van der Waals surface area contributed by atoms with Crippen molar-refractivity contribution in [2.75, 3.05) is 0 Å². The molecule has 132 valence electrons. The third kappa shape index (κ3) is 3.02. The van der Waals surface area contributed by atoms with E-state index in [1.165, 1.54) is 38.9 Å². The Hall–Kier alpha value is -2.24. The number of carbonyl (C=O) groups excluding carboxylic acids is 1. The number of aryl methyl sites for hydroxylation is 2. The molecule has 0 amide bonds. The molecule has 3 aromatic rings. The molecule has 0 bridgehead atoms. The van der Waals surface area contributed by atoms with E-state index in [-0.39, 0.29) is 5.52 Å². The summed E-state index contributed by atoms with van der Waals surface area (Å²) in [6.07, 6.45) is 0. The minimum atomic E-state index is 0.0460. The topological polar surface area (TPSA) is 17.1 Å². The van der Waals surface area contributed by atoms with E-state index in [9.17, 15) is 4.79 Å². The molecule has 0 saturated heterocycles. The summed E-state index contributed by atoms with van der Waals surface area (Å²) in [5, 5.41) is 0. The average Bonchev–Trinajstić information content (AvgIpc) is 2.58. The quantitative estimate of drug-likeness (QED) is 0.482. The number of rotatable bonds is 3. The molecular weight excluding hydrogens is 335 g/mol. The van der Waals surface area contributed by atoms with Gasteiger partial charge in [0.25, 0.3) is 0 Å². The van der Waals surface area contributed by atoms with Crippen molar-refractivity contribution < 1.29 is 4.79 Å². The molecule has 3 aromatic carbocycles. The van der Waals surface area contributed by atoms with Crippen molar-refractivity contribution in [2.45, 2.75) is 34.6 Å². The lowest BCUT2D eigenvalue weighted by Gasteiger charge is -2.23. The van der Waals surface area contributed by atoms with Crippen LogP contribution in [0.2, 0.25) is 0 Å². The Kier molecular flexibility index (Phi) is 5.12. The Labute approximate surface area is 158 Å². The lowest BCUT2D eigenvalue weighted by molar-refractivity contribution is 0.108. The second-order valence-corrected chi connectivity index (χ2v) is 7.52. The molecule has 0 aliphatic carbocycles. The maximum atomic E-state index is 12.5. The van der Waals surface area contributed by atoms with Gasteiger partial charge in [-0.1, -0.05) is 57.8 Å². The summed E-state index contributed by atoms with van der Waals surface area (Å²) in [5.74, 6) is 0. The Morgan fingerprint density at radius 3 is 1.38 bits per heavy atom. The van der Waals surface area contributed by atoms with Crippen LogP contribution >= 0.6 is 9.24 Å². The number of hydrogen-bond acceptors (Lipinski definition) is 1. The maximum absolute atomic E-state index is 12.5. The van der Waals surface area contributed by atoms with Gasteiger partial charge in [-0.15, -0.1) is 0 Å². The van der Waals surface area contributed by atoms with E-state index in [2.05, 4.69) is 92.4 Å². The van der Waals surface area contributed by atoms with E-state index >= 15 is 0 Å². The van der Waals surface area contributed by atoms with Gasteiger partial charge < -0.3 is 0 Å². The monoisotopic (exact) mass is 360 g/mol. The summed E-state index contributed by atoms with van der Waals surface area (Å²) in [5.41, 5.74) is 11.4. The smallest absolute Gasteiger partial charge is 0.178 e. The van der Waals surface area contributed by atoms with E-state index in [1.54, 1.807) is 0 Å². The molecule has 0 aliphatic heterocycles. The Balaban J connectivity index is 2.50. The SMILES string of the molecule is Cc1ccccc1-c1c(C)c(C(=O)P)c(C)c(-c2ccccc2C)c1C. The molecule has 1 atom stereocenters. The molecule has 2 heteroatoms. The zero-order chi connectivity index (χ0) is 19.0. The van der Waals surface area contributed by atoms with E-state index in [0.717, 1.165) is 16.7 Å². The van der Waals surface area contributed by atoms with Crippen molar-refractivity contribution >= 4 is 14.8 Å². The van der Waals surface area contributed by atoms with Gasteiger partial charge in [-0.25, -0.2) is 0 Å². The van der Waals surface area contributed by atoms with Gasteiger partial charge in [0.2, 0.25) is 0 Å². The molecule has 1 unspecified atom stereocenters. The number of carbonyl (C=O) groups is 1. The fraction of sp³-hybridized carbons (Fsp3) is 0.208. The molecule has 0 N–H and O–H groups in total. The van der Waals surface area contributed by atoms with Gasteiger partial charge in [0.05, 0.1) is 0 Å². The van der Waals surface area contributed by atoms with Crippen molar-refractivity contribution in [3.63, 3.8) is 0 Å². The van der Waals surface area contributed by atoms with Crippen molar-refractivity contribution in [2.24, 2.45) is 0 Å². The van der Waals surface area contributed by atoms with Crippen LogP contribution in [-0.4, -0.2) is 5.52 Å². The molecule has 0 radical (unpaired) electrons. The van der Waals surface area contributed by atoms with Gasteiger partial charge in [-0.3, -0.25) is 4.79 Å². The highest BCUT2D eigenvalue weighted by molar-refractivity contribution is 7.41. The molecule has 3 rings (SSSR count). The second kappa shape index (κ2) is 7.17. The highest BCUT2D eigenvalue weighted by Crippen LogP contribution is 2.42. The average molecular weight is 360 g/mol. The van der Waals surface area contributed by atoms with Gasteiger partial charge >= 0.3 is 0 Å². The highest BCUT2D eigenvalue weighted by atomic mass is 31.0. The van der Waals surface area contributed by atoms with Crippen LogP contribution in [0, 0.1) is 34.6 Å². The van der Waals surface area contributed by atoms with Crippen LogP contribution < -0.4 is 0 Å². The van der Waals surface area contributed by atoms with Gasteiger partial charge in [0, 0.05) is 5.56 Å². The molecule has 0 aliphatic rings. The van der Waals surface area contributed by atoms with Gasteiger partial charge in [0.15, 0.2) is 5.52 Å². The third-order valence-corrected chi connectivity index (χ3v) is 5.61. The van der Waals surface area contributed by atoms with Crippen molar-refractivity contribution in [1.82, 2.24) is 0 Å². The molecule has 26 heavy (non-hydrogen) atoms. The summed E-state index contributed by atoms with van der Waals surface area (Å²) < 4.78 is 0. The summed E-state index contributed by atoms with van der Waals surface area (Å²) >= 11 is 0. The van der Waals surface area contributed by atoms with Crippen LogP contribution in [0.5, 0.6) is 0 Å². The molecule has 0 spiro atoms. The van der Waals surface area contributed by atoms with E-state index in [1.807, 2.05) is 0 Å². The van der Waals surface area contributed by atoms with Crippen LogP contribution in [0.25, 0.3) is 22.3 Å². The molecule has 0 heterocycles. The fourth-order valence-corrected chi connectivity index (χ4v) is 4.54. The second-order valence-electron chi connectivity index (χ2n) is 6.99. The first-order valence-corrected chi connectivity index (χ1v) is 9.47. The first-order valence-electron chi connectivity index (χ1n) is 8.90. The predicted molar refractivity (Wildman–Crippen MR) is 115 cm³/mol. The standard InChI is InChI=1S/C24H25OP/c1-14-10-6-8-12-19(14)21-16(3)22(20-13-9-7-11-15(20)2)18(5)23(17(21)4)24(25)26/h6-13H,26H2,1-5H3. The zero-order valence-electron chi connectivity index (χ0n) is 16.1. The molecule has 1 nitrogen and oxygen atoms in total.